The van der Waals surface area contributed by atoms with Crippen LogP contribution in [0.2, 0.25) is 0 Å². The van der Waals surface area contributed by atoms with Crippen molar-refractivity contribution in [3.63, 3.8) is 0 Å². The summed E-state index contributed by atoms with van der Waals surface area (Å²) in [4.78, 5) is 22.9. The second kappa shape index (κ2) is 6.08. The van der Waals surface area contributed by atoms with Crippen molar-refractivity contribution in [1.29, 1.82) is 0 Å². The van der Waals surface area contributed by atoms with E-state index in [9.17, 15) is 9.59 Å². The predicted molar refractivity (Wildman–Crippen MR) is 75.6 cm³/mol. The molecule has 7 nitrogen and oxygen atoms in total. The molecular weight excluding hydrogens is 274 g/mol. The number of aromatic nitrogens is 2. The SMILES string of the molecule is Cc1n[nH]c(C)c1NC(=O)COc1ccccc1C(=O)O. The number of amides is 1. The van der Waals surface area contributed by atoms with Gasteiger partial charge in [0.25, 0.3) is 5.91 Å². The lowest BCUT2D eigenvalue weighted by atomic mass is 10.2. The number of benzene rings is 1. The molecule has 110 valence electrons. The third-order valence-corrected chi connectivity index (χ3v) is 2.87. The van der Waals surface area contributed by atoms with Gasteiger partial charge in [0.15, 0.2) is 6.61 Å². The van der Waals surface area contributed by atoms with E-state index in [-0.39, 0.29) is 23.8 Å². The first-order valence-corrected chi connectivity index (χ1v) is 6.25. The molecule has 0 saturated carbocycles. The quantitative estimate of drug-likeness (QED) is 0.777. The second-order valence-corrected chi connectivity index (χ2v) is 4.45. The molecule has 1 aromatic carbocycles. The second-order valence-electron chi connectivity index (χ2n) is 4.45. The van der Waals surface area contributed by atoms with E-state index in [0.717, 1.165) is 5.69 Å². The van der Waals surface area contributed by atoms with Crippen LogP contribution in [0.3, 0.4) is 0 Å². The molecule has 2 rings (SSSR count). The summed E-state index contributed by atoms with van der Waals surface area (Å²) in [6.07, 6.45) is 0. The summed E-state index contributed by atoms with van der Waals surface area (Å²) < 4.78 is 5.27. The summed E-state index contributed by atoms with van der Waals surface area (Å²) in [5.74, 6) is -1.34. The summed E-state index contributed by atoms with van der Waals surface area (Å²) in [6.45, 7) is 3.27. The fourth-order valence-corrected chi connectivity index (χ4v) is 1.82. The fourth-order valence-electron chi connectivity index (χ4n) is 1.82. The Morgan fingerprint density at radius 1 is 1.33 bits per heavy atom. The van der Waals surface area contributed by atoms with Gasteiger partial charge in [-0.05, 0) is 26.0 Å². The zero-order chi connectivity index (χ0) is 15.4. The zero-order valence-electron chi connectivity index (χ0n) is 11.6. The van der Waals surface area contributed by atoms with Gasteiger partial charge in [-0.15, -0.1) is 0 Å². The Morgan fingerprint density at radius 2 is 2.05 bits per heavy atom. The third-order valence-electron chi connectivity index (χ3n) is 2.87. The van der Waals surface area contributed by atoms with Crippen molar-refractivity contribution in [1.82, 2.24) is 10.2 Å². The van der Waals surface area contributed by atoms with E-state index < -0.39 is 5.97 Å². The van der Waals surface area contributed by atoms with Crippen LogP contribution >= 0.6 is 0 Å². The highest BCUT2D eigenvalue weighted by atomic mass is 16.5. The number of carboxylic acids is 1. The maximum absolute atomic E-state index is 11.8. The number of nitrogens with zero attached hydrogens (tertiary/aromatic N) is 1. The van der Waals surface area contributed by atoms with E-state index in [1.807, 2.05) is 0 Å². The molecule has 0 unspecified atom stereocenters. The molecule has 21 heavy (non-hydrogen) atoms. The number of H-pyrrole nitrogens is 1. The van der Waals surface area contributed by atoms with Crippen molar-refractivity contribution >= 4 is 17.6 Å². The summed E-state index contributed by atoms with van der Waals surface area (Å²) in [6, 6.07) is 6.16. The number of para-hydroxylation sites is 1. The minimum atomic E-state index is -1.10. The van der Waals surface area contributed by atoms with Crippen LogP contribution in [-0.2, 0) is 4.79 Å². The van der Waals surface area contributed by atoms with E-state index >= 15 is 0 Å². The summed E-state index contributed by atoms with van der Waals surface area (Å²) in [5.41, 5.74) is 2.04. The van der Waals surface area contributed by atoms with Crippen LogP contribution in [-0.4, -0.2) is 33.8 Å². The van der Waals surface area contributed by atoms with Gasteiger partial charge in [-0.2, -0.15) is 5.10 Å². The van der Waals surface area contributed by atoms with Crippen LogP contribution in [0.25, 0.3) is 0 Å². The molecule has 0 fully saturated rings. The van der Waals surface area contributed by atoms with E-state index in [1.165, 1.54) is 12.1 Å². The largest absolute Gasteiger partial charge is 0.483 e. The van der Waals surface area contributed by atoms with Crippen molar-refractivity contribution < 1.29 is 19.4 Å². The van der Waals surface area contributed by atoms with Crippen molar-refractivity contribution in [2.75, 3.05) is 11.9 Å². The van der Waals surface area contributed by atoms with Gasteiger partial charge in [-0.3, -0.25) is 9.89 Å². The number of hydrogen-bond acceptors (Lipinski definition) is 4. The lowest BCUT2D eigenvalue weighted by molar-refractivity contribution is -0.118. The Labute approximate surface area is 120 Å². The van der Waals surface area contributed by atoms with Crippen molar-refractivity contribution in [3.8, 4) is 5.75 Å². The molecule has 1 heterocycles. The first kappa shape index (κ1) is 14.6. The normalized spacial score (nSPS) is 10.2. The van der Waals surface area contributed by atoms with Gasteiger partial charge in [-0.1, -0.05) is 12.1 Å². The Morgan fingerprint density at radius 3 is 2.67 bits per heavy atom. The molecule has 0 spiro atoms. The van der Waals surface area contributed by atoms with E-state index in [0.29, 0.717) is 11.4 Å². The average Bonchev–Trinajstić information content (AvgIpc) is 2.77. The molecule has 0 radical (unpaired) electrons. The van der Waals surface area contributed by atoms with Gasteiger partial charge in [0.2, 0.25) is 0 Å². The van der Waals surface area contributed by atoms with Gasteiger partial charge >= 0.3 is 5.97 Å². The number of nitrogens with one attached hydrogen (secondary N) is 2. The standard InChI is InChI=1S/C14H15N3O4/c1-8-13(9(2)17-16-8)15-12(18)7-21-11-6-4-3-5-10(11)14(19)20/h3-6H,7H2,1-2H3,(H,15,18)(H,16,17)(H,19,20). The van der Waals surface area contributed by atoms with E-state index in [2.05, 4.69) is 15.5 Å². The summed E-state index contributed by atoms with van der Waals surface area (Å²) >= 11 is 0. The van der Waals surface area contributed by atoms with E-state index in [1.54, 1.807) is 26.0 Å². The Kier molecular flexibility index (Phi) is 4.22. The number of aryl methyl sites for hydroxylation is 2. The van der Waals surface area contributed by atoms with Gasteiger partial charge in [-0.25, -0.2) is 4.79 Å². The molecule has 2 aromatic rings. The predicted octanol–water partition coefficient (Wildman–Crippen LogP) is 1.74. The van der Waals surface area contributed by atoms with Crippen LogP contribution in [0.5, 0.6) is 5.75 Å². The number of hydrogen-bond donors (Lipinski definition) is 3. The molecular formula is C14H15N3O4. The Bertz CT molecular complexity index is 659. The average molecular weight is 289 g/mol. The highest BCUT2D eigenvalue weighted by molar-refractivity contribution is 5.94. The first-order valence-electron chi connectivity index (χ1n) is 6.25. The Balaban J connectivity index is 2.01. The minimum Gasteiger partial charge on any atom is -0.483 e. The van der Waals surface area contributed by atoms with Crippen LogP contribution in [0.4, 0.5) is 5.69 Å². The number of carbonyl (C=O) groups is 2. The molecule has 0 aliphatic rings. The number of aromatic carboxylic acids is 1. The topological polar surface area (TPSA) is 104 Å². The molecule has 0 aliphatic heterocycles. The summed E-state index contributed by atoms with van der Waals surface area (Å²) in [7, 11) is 0. The van der Waals surface area contributed by atoms with Gasteiger partial charge in [0.1, 0.15) is 11.3 Å². The number of rotatable bonds is 5. The van der Waals surface area contributed by atoms with Gasteiger partial charge in [0, 0.05) is 0 Å². The van der Waals surface area contributed by atoms with Crippen LogP contribution in [0.1, 0.15) is 21.7 Å². The van der Waals surface area contributed by atoms with Crippen LogP contribution in [0.15, 0.2) is 24.3 Å². The molecule has 7 heteroatoms. The third kappa shape index (κ3) is 3.38. The number of carbonyl (C=O) groups excluding carboxylic acids is 1. The molecule has 0 atom stereocenters. The van der Waals surface area contributed by atoms with Crippen molar-refractivity contribution in [2.45, 2.75) is 13.8 Å². The minimum absolute atomic E-state index is 0.0148. The van der Waals surface area contributed by atoms with Crippen LogP contribution < -0.4 is 10.1 Å². The lowest BCUT2D eigenvalue weighted by Crippen LogP contribution is -2.21. The lowest BCUT2D eigenvalue weighted by Gasteiger charge is -2.09. The molecule has 1 amide bonds. The van der Waals surface area contributed by atoms with Gasteiger partial charge < -0.3 is 15.2 Å². The molecule has 0 bridgehead atoms. The smallest absolute Gasteiger partial charge is 0.339 e. The number of anilines is 1. The highest BCUT2D eigenvalue weighted by Gasteiger charge is 2.13. The molecule has 0 aliphatic carbocycles. The van der Waals surface area contributed by atoms with Crippen LogP contribution in [0, 0.1) is 13.8 Å². The van der Waals surface area contributed by atoms with Crippen molar-refractivity contribution in [3.05, 3.63) is 41.2 Å². The molecule has 0 saturated heterocycles. The number of ether oxygens (including phenoxy) is 1. The van der Waals surface area contributed by atoms with Crippen molar-refractivity contribution in [2.24, 2.45) is 0 Å². The number of carboxylic acid groups (broad SMARTS) is 1. The van der Waals surface area contributed by atoms with E-state index in [4.69, 9.17) is 9.84 Å². The Hall–Kier alpha value is -2.83. The monoisotopic (exact) mass is 289 g/mol. The summed E-state index contributed by atoms with van der Waals surface area (Å²) in [5, 5.41) is 18.4. The fraction of sp³-hybridized carbons (Fsp3) is 0.214. The maximum Gasteiger partial charge on any atom is 0.339 e. The number of aromatic amines is 1. The van der Waals surface area contributed by atoms with Gasteiger partial charge in [0.05, 0.1) is 17.1 Å². The highest BCUT2D eigenvalue weighted by Crippen LogP contribution is 2.18. The maximum atomic E-state index is 11.8. The molecule has 3 N–H and O–H groups in total. The first-order chi connectivity index (χ1) is 9.99. The molecule has 1 aromatic heterocycles. The zero-order valence-corrected chi connectivity index (χ0v) is 11.6.